The minimum atomic E-state index is 0.869. The molecule has 0 fully saturated rings. The molecule has 9 aromatic rings. The molecule has 45 heavy (non-hydrogen) atoms. The molecule has 0 N–H and O–H groups in total. The van der Waals surface area contributed by atoms with E-state index in [-0.39, 0.29) is 0 Å². The SMILES string of the molecule is C1=C(c2cccc(-n3c4ccccc4c4ccccc43)c2)CCc2oc3cc(-n4c5cccnc5c5ncccc54)ccc3c21. The Morgan fingerprint density at radius 1 is 0.533 bits per heavy atom. The summed E-state index contributed by atoms with van der Waals surface area (Å²) >= 11 is 0. The lowest BCUT2D eigenvalue weighted by molar-refractivity contribution is 0.547. The Hall–Kier alpha value is -5.94. The van der Waals surface area contributed by atoms with Crippen LogP contribution >= 0.6 is 0 Å². The van der Waals surface area contributed by atoms with Crippen molar-refractivity contribution in [2.75, 3.05) is 0 Å². The number of hydrogen-bond acceptors (Lipinski definition) is 3. The number of aromatic nitrogens is 4. The van der Waals surface area contributed by atoms with Crippen LogP contribution in [0.1, 0.15) is 23.3 Å². The van der Waals surface area contributed by atoms with Gasteiger partial charge in [0, 0.05) is 52.3 Å². The highest BCUT2D eigenvalue weighted by Crippen LogP contribution is 2.39. The number of hydrogen-bond donors (Lipinski definition) is 0. The molecule has 5 heterocycles. The molecule has 0 bridgehead atoms. The molecule has 5 aromatic heterocycles. The van der Waals surface area contributed by atoms with E-state index in [9.17, 15) is 0 Å². The van der Waals surface area contributed by atoms with Crippen molar-refractivity contribution in [3.63, 3.8) is 0 Å². The van der Waals surface area contributed by atoms with Gasteiger partial charge in [-0.05, 0) is 84.3 Å². The zero-order chi connectivity index (χ0) is 29.5. The predicted molar refractivity (Wildman–Crippen MR) is 183 cm³/mol. The molecule has 0 saturated carbocycles. The molecular weight excluding hydrogens is 552 g/mol. The van der Waals surface area contributed by atoms with Gasteiger partial charge in [0.25, 0.3) is 0 Å². The van der Waals surface area contributed by atoms with Crippen molar-refractivity contribution in [3.8, 4) is 11.4 Å². The highest BCUT2D eigenvalue weighted by Gasteiger charge is 2.21. The second-order valence-electron chi connectivity index (χ2n) is 11.8. The van der Waals surface area contributed by atoms with Gasteiger partial charge in [-0.2, -0.15) is 0 Å². The summed E-state index contributed by atoms with van der Waals surface area (Å²) in [5.74, 6) is 1.05. The van der Waals surface area contributed by atoms with Gasteiger partial charge < -0.3 is 13.6 Å². The molecule has 0 amide bonds. The van der Waals surface area contributed by atoms with Gasteiger partial charge >= 0.3 is 0 Å². The number of para-hydroxylation sites is 2. The van der Waals surface area contributed by atoms with Gasteiger partial charge in [0.2, 0.25) is 0 Å². The van der Waals surface area contributed by atoms with Gasteiger partial charge in [-0.15, -0.1) is 0 Å². The first-order chi connectivity index (χ1) is 22.3. The topological polar surface area (TPSA) is 48.8 Å². The number of pyridine rings is 2. The molecule has 1 aliphatic rings. The van der Waals surface area contributed by atoms with Crippen LogP contribution in [0.3, 0.4) is 0 Å². The maximum absolute atomic E-state index is 6.52. The van der Waals surface area contributed by atoms with Crippen LogP contribution in [0.5, 0.6) is 0 Å². The molecule has 0 atom stereocenters. The highest BCUT2D eigenvalue weighted by molar-refractivity contribution is 6.09. The zero-order valence-corrected chi connectivity index (χ0v) is 24.3. The molecule has 0 unspecified atom stereocenters. The van der Waals surface area contributed by atoms with Crippen LogP contribution in [0.2, 0.25) is 0 Å². The number of fused-ring (bicyclic) bond motifs is 9. The first kappa shape index (κ1) is 24.5. The zero-order valence-electron chi connectivity index (χ0n) is 24.3. The largest absolute Gasteiger partial charge is 0.460 e. The molecule has 1 aliphatic carbocycles. The molecular formula is C40H26N4O. The summed E-state index contributed by atoms with van der Waals surface area (Å²) < 4.78 is 11.1. The predicted octanol–water partition coefficient (Wildman–Crippen LogP) is 9.90. The molecule has 212 valence electrons. The number of nitrogens with zero attached hydrogens (tertiary/aromatic N) is 4. The minimum absolute atomic E-state index is 0.869. The highest BCUT2D eigenvalue weighted by atomic mass is 16.3. The number of benzene rings is 4. The summed E-state index contributed by atoms with van der Waals surface area (Å²) in [5.41, 5.74) is 13.2. The number of rotatable bonds is 3. The van der Waals surface area contributed by atoms with Crippen LogP contribution in [0.25, 0.3) is 77.9 Å². The normalized spacial score (nSPS) is 13.3. The van der Waals surface area contributed by atoms with Crippen molar-refractivity contribution in [3.05, 3.63) is 145 Å². The van der Waals surface area contributed by atoms with E-state index >= 15 is 0 Å². The third-order valence-electron chi connectivity index (χ3n) is 9.32. The maximum atomic E-state index is 6.52. The fourth-order valence-electron chi connectivity index (χ4n) is 7.33. The van der Waals surface area contributed by atoms with Crippen molar-refractivity contribution in [2.24, 2.45) is 0 Å². The average molecular weight is 579 g/mol. The average Bonchev–Trinajstić information content (AvgIpc) is 3.75. The summed E-state index contributed by atoms with van der Waals surface area (Å²) in [6.45, 7) is 0. The van der Waals surface area contributed by atoms with Gasteiger partial charge in [0.05, 0.1) is 27.8 Å². The van der Waals surface area contributed by atoms with Crippen LogP contribution < -0.4 is 0 Å². The monoisotopic (exact) mass is 578 g/mol. The van der Waals surface area contributed by atoms with E-state index in [1.165, 1.54) is 44.2 Å². The van der Waals surface area contributed by atoms with Gasteiger partial charge in [0.15, 0.2) is 0 Å². The Bertz CT molecular complexity index is 2560. The van der Waals surface area contributed by atoms with Gasteiger partial charge in [-0.1, -0.05) is 48.5 Å². The number of aryl methyl sites for hydroxylation is 1. The standard InChI is InChI=1S/C40H26N4O/c1-3-12-33-29(10-1)30-11-2-4-13-34(30)43(33)27-9-5-8-25(22-27)26-16-19-37-32(23-26)31-18-17-28(24-38(31)45-37)44-35-14-6-20-41-39(35)40-36(44)15-7-21-42-40/h1-15,17-18,20-24H,16,19H2. The Labute approximate surface area is 258 Å². The molecule has 0 saturated heterocycles. The summed E-state index contributed by atoms with van der Waals surface area (Å²) in [5, 5.41) is 3.69. The van der Waals surface area contributed by atoms with Gasteiger partial charge in [-0.3, -0.25) is 9.97 Å². The second-order valence-corrected chi connectivity index (χ2v) is 11.8. The molecule has 4 aromatic carbocycles. The Morgan fingerprint density at radius 3 is 1.91 bits per heavy atom. The lowest BCUT2D eigenvalue weighted by atomic mass is 9.91. The fraction of sp³-hybridized carbons (Fsp3) is 0.0500. The first-order valence-corrected chi connectivity index (χ1v) is 15.4. The van der Waals surface area contributed by atoms with Crippen LogP contribution in [-0.2, 0) is 6.42 Å². The lowest BCUT2D eigenvalue weighted by Gasteiger charge is -2.15. The van der Waals surface area contributed by atoms with Crippen molar-refractivity contribution >= 4 is 66.5 Å². The van der Waals surface area contributed by atoms with E-state index in [0.29, 0.717) is 0 Å². The molecule has 0 aliphatic heterocycles. The molecule has 10 rings (SSSR count). The number of furan rings is 1. The molecule has 0 spiro atoms. The lowest BCUT2D eigenvalue weighted by Crippen LogP contribution is -1.99. The Kier molecular flexibility index (Phi) is 5.05. The summed E-state index contributed by atoms with van der Waals surface area (Å²) in [4.78, 5) is 9.29. The van der Waals surface area contributed by atoms with Crippen LogP contribution in [-0.4, -0.2) is 19.1 Å². The maximum Gasteiger partial charge on any atom is 0.137 e. The molecule has 5 heteroatoms. The van der Waals surface area contributed by atoms with Gasteiger partial charge in [0.1, 0.15) is 22.4 Å². The van der Waals surface area contributed by atoms with E-state index in [4.69, 9.17) is 4.42 Å². The van der Waals surface area contributed by atoms with E-state index in [1.807, 2.05) is 24.5 Å². The fourth-order valence-corrected chi connectivity index (χ4v) is 7.33. The number of allylic oxidation sites excluding steroid dienone is 1. The van der Waals surface area contributed by atoms with Crippen molar-refractivity contribution < 1.29 is 4.42 Å². The van der Waals surface area contributed by atoms with Gasteiger partial charge in [-0.25, -0.2) is 0 Å². The van der Waals surface area contributed by atoms with E-state index in [1.54, 1.807) is 0 Å². The van der Waals surface area contributed by atoms with Crippen LogP contribution in [0.15, 0.2) is 132 Å². The molecule has 0 radical (unpaired) electrons. The second kappa shape index (κ2) is 9.28. The van der Waals surface area contributed by atoms with Crippen molar-refractivity contribution in [1.29, 1.82) is 0 Å². The summed E-state index contributed by atoms with van der Waals surface area (Å²) in [7, 11) is 0. The van der Waals surface area contributed by atoms with Crippen molar-refractivity contribution in [1.82, 2.24) is 19.1 Å². The summed E-state index contributed by atoms with van der Waals surface area (Å²) in [6.07, 6.45) is 7.79. The van der Waals surface area contributed by atoms with E-state index in [0.717, 1.165) is 57.3 Å². The Morgan fingerprint density at radius 2 is 1.18 bits per heavy atom. The van der Waals surface area contributed by atoms with Crippen LogP contribution in [0, 0.1) is 0 Å². The van der Waals surface area contributed by atoms with E-state index < -0.39 is 0 Å². The first-order valence-electron chi connectivity index (χ1n) is 15.4. The third kappa shape index (κ3) is 3.55. The quantitative estimate of drug-likeness (QED) is 0.210. The van der Waals surface area contributed by atoms with E-state index in [2.05, 4.69) is 128 Å². The Balaban J connectivity index is 1.09. The van der Waals surface area contributed by atoms with Crippen molar-refractivity contribution in [2.45, 2.75) is 12.8 Å². The third-order valence-corrected chi connectivity index (χ3v) is 9.32. The van der Waals surface area contributed by atoms with Crippen LogP contribution in [0.4, 0.5) is 0 Å². The smallest absolute Gasteiger partial charge is 0.137 e. The summed E-state index contributed by atoms with van der Waals surface area (Å²) in [6, 6.07) is 41.0. The molecule has 5 nitrogen and oxygen atoms in total. The minimum Gasteiger partial charge on any atom is -0.460 e.